The van der Waals surface area contributed by atoms with Crippen LogP contribution in [0.1, 0.15) is 66.7 Å². The van der Waals surface area contributed by atoms with Crippen LogP contribution in [-0.2, 0) is 9.53 Å². The van der Waals surface area contributed by atoms with Gasteiger partial charge in [-0.15, -0.1) is 0 Å². The highest BCUT2D eigenvalue weighted by Gasteiger charge is 2.37. The number of hydrogen-bond donors (Lipinski definition) is 2. The molecule has 3 atom stereocenters. The molecule has 0 spiro atoms. The number of rotatable bonds is 8. The number of ether oxygens (including phenoxy) is 1. The van der Waals surface area contributed by atoms with Crippen LogP contribution in [0.3, 0.4) is 0 Å². The summed E-state index contributed by atoms with van der Waals surface area (Å²) in [5.74, 6) is 0.550. The molecular weight excluding hydrogens is 316 g/mol. The van der Waals surface area contributed by atoms with Gasteiger partial charge in [-0.3, -0.25) is 4.79 Å². The van der Waals surface area contributed by atoms with Crippen molar-refractivity contribution in [2.45, 2.75) is 78.4 Å². The SMILES string of the molecule is CC(=CC(=O)C(C)CCC[C@]1(C)OCCCC(=CCO)[C@H]1O)C(C)C. The molecule has 1 heterocycles. The first kappa shape index (κ1) is 22.1. The lowest BCUT2D eigenvalue weighted by molar-refractivity contribution is -0.118. The maximum Gasteiger partial charge on any atom is 0.158 e. The molecule has 0 aromatic carbocycles. The van der Waals surface area contributed by atoms with Crippen molar-refractivity contribution in [2.24, 2.45) is 11.8 Å². The highest BCUT2D eigenvalue weighted by atomic mass is 16.5. The van der Waals surface area contributed by atoms with E-state index in [1.54, 1.807) is 12.2 Å². The molecule has 1 aliphatic rings. The topological polar surface area (TPSA) is 66.8 Å². The number of allylic oxidation sites excluding steroid dienone is 2. The lowest BCUT2D eigenvalue weighted by atomic mass is 9.85. The molecule has 0 bridgehead atoms. The van der Waals surface area contributed by atoms with Gasteiger partial charge in [0.25, 0.3) is 0 Å². The first-order valence-corrected chi connectivity index (χ1v) is 9.55. The van der Waals surface area contributed by atoms with Crippen LogP contribution < -0.4 is 0 Å². The molecule has 25 heavy (non-hydrogen) atoms. The number of carbonyl (C=O) groups is 1. The molecule has 0 radical (unpaired) electrons. The lowest BCUT2D eigenvalue weighted by Gasteiger charge is -2.34. The Kier molecular flexibility index (Phi) is 9.04. The molecule has 0 aromatic rings. The maximum atomic E-state index is 12.3. The summed E-state index contributed by atoms with van der Waals surface area (Å²) in [7, 11) is 0. The minimum Gasteiger partial charge on any atom is -0.392 e. The highest BCUT2D eigenvalue weighted by Crippen LogP contribution is 2.33. The van der Waals surface area contributed by atoms with Crippen molar-refractivity contribution < 1.29 is 19.7 Å². The zero-order valence-electron chi connectivity index (χ0n) is 16.5. The van der Waals surface area contributed by atoms with Gasteiger partial charge >= 0.3 is 0 Å². The van der Waals surface area contributed by atoms with Crippen LogP contribution in [0.25, 0.3) is 0 Å². The molecule has 0 saturated carbocycles. The molecule has 1 aliphatic heterocycles. The molecule has 4 heteroatoms. The quantitative estimate of drug-likeness (QED) is 0.515. The van der Waals surface area contributed by atoms with Crippen LogP contribution in [0.4, 0.5) is 0 Å². The van der Waals surface area contributed by atoms with Crippen LogP contribution in [0.5, 0.6) is 0 Å². The highest BCUT2D eigenvalue weighted by molar-refractivity contribution is 5.92. The van der Waals surface area contributed by atoms with Gasteiger partial charge in [0.05, 0.1) is 12.2 Å². The smallest absolute Gasteiger partial charge is 0.158 e. The number of aliphatic hydroxyl groups is 2. The van der Waals surface area contributed by atoms with Crippen molar-refractivity contribution in [1.29, 1.82) is 0 Å². The van der Waals surface area contributed by atoms with Crippen LogP contribution in [-0.4, -0.2) is 40.9 Å². The molecule has 0 amide bonds. The summed E-state index contributed by atoms with van der Waals surface area (Å²) < 4.78 is 5.95. The summed E-state index contributed by atoms with van der Waals surface area (Å²) in [5, 5.41) is 19.8. The van der Waals surface area contributed by atoms with Crippen molar-refractivity contribution in [3.05, 3.63) is 23.3 Å². The summed E-state index contributed by atoms with van der Waals surface area (Å²) in [6, 6.07) is 0. The van der Waals surface area contributed by atoms with Crippen molar-refractivity contribution in [3.8, 4) is 0 Å². The largest absolute Gasteiger partial charge is 0.392 e. The van der Waals surface area contributed by atoms with E-state index in [4.69, 9.17) is 9.84 Å². The predicted octanol–water partition coefficient (Wildman–Crippen LogP) is 3.81. The zero-order chi connectivity index (χ0) is 19.0. The molecular formula is C21H36O4. The fraction of sp³-hybridized carbons (Fsp3) is 0.762. The van der Waals surface area contributed by atoms with Gasteiger partial charge in [-0.1, -0.05) is 32.4 Å². The lowest BCUT2D eigenvalue weighted by Crippen LogP contribution is -2.42. The van der Waals surface area contributed by atoms with Gasteiger partial charge in [0.1, 0.15) is 6.10 Å². The molecule has 2 N–H and O–H groups in total. The number of carbonyl (C=O) groups excluding carboxylic acids is 1. The second-order valence-electron chi connectivity index (χ2n) is 7.87. The predicted molar refractivity (Wildman–Crippen MR) is 101 cm³/mol. The van der Waals surface area contributed by atoms with Gasteiger partial charge in [-0.25, -0.2) is 0 Å². The average molecular weight is 353 g/mol. The fourth-order valence-electron chi connectivity index (χ4n) is 3.16. The molecule has 1 rings (SSSR count). The van der Waals surface area contributed by atoms with E-state index in [-0.39, 0.29) is 18.3 Å². The summed E-state index contributed by atoms with van der Waals surface area (Å²) in [4.78, 5) is 12.3. The Labute approximate surface area is 153 Å². The van der Waals surface area contributed by atoms with E-state index in [9.17, 15) is 9.90 Å². The standard InChI is InChI=1S/C21H36O4/c1-15(2)17(4)14-19(23)16(3)8-6-11-21(5)20(24)18(10-12-22)9-7-13-25-21/h10,14-16,20,22,24H,6-9,11-13H2,1-5H3/t16?,20-,21+/m1/s1. The number of ketones is 1. The summed E-state index contributed by atoms with van der Waals surface area (Å²) in [5.41, 5.74) is 1.33. The van der Waals surface area contributed by atoms with Crippen molar-refractivity contribution in [2.75, 3.05) is 13.2 Å². The normalized spacial score (nSPS) is 28.2. The minimum atomic E-state index is -0.698. The van der Waals surface area contributed by atoms with E-state index in [0.717, 1.165) is 36.8 Å². The van der Waals surface area contributed by atoms with Gasteiger partial charge in [0.2, 0.25) is 0 Å². The zero-order valence-corrected chi connectivity index (χ0v) is 16.5. The molecule has 0 aliphatic carbocycles. The number of aliphatic hydroxyl groups excluding tert-OH is 2. The molecule has 1 unspecified atom stereocenters. The monoisotopic (exact) mass is 352 g/mol. The van der Waals surface area contributed by atoms with Crippen molar-refractivity contribution >= 4 is 5.78 Å². The van der Waals surface area contributed by atoms with E-state index in [0.29, 0.717) is 18.9 Å². The average Bonchev–Trinajstić information content (AvgIpc) is 2.68. The van der Waals surface area contributed by atoms with Gasteiger partial charge in [0.15, 0.2) is 5.78 Å². The van der Waals surface area contributed by atoms with Crippen LogP contribution in [0.2, 0.25) is 0 Å². The second-order valence-corrected chi connectivity index (χ2v) is 7.87. The summed E-state index contributed by atoms with van der Waals surface area (Å²) in [6.07, 6.45) is 6.68. The third-order valence-corrected chi connectivity index (χ3v) is 5.40. The van der Waals surface area contributed by atoms with Crippen LogP contribution >= 0.6 is 0 Å². The van der Waals surface area contributed by atoms with E-state index < -0.39 is 11.7 Å². The first-order chi connectivity index (χ1) is 11.7. The van der Waals surface area contributed by atoms with Crippen LogP contribution in [0, 0.1) is 11.8 Å². The molecule has 0 aromatic heterocycles. The van der Waals surface area contributed by atoms with E-state index in [1.165, 1.54) is 0 Å². The van der Waals surface area contributed by atoms with Crippen molar-refractivity contribution in [3.63, 3.8) is 0 Å². The van der Waals surface area contributed by atoms with E-state index in [1.807, 2.05) is 20.8 Å². The fourth-order valence-corrected chi connectivity index (χ4v) is 3.16. The molecule has 1 saturated heterocycles. The Bertz CT molecular complexity index is 492. The molecule has 1 fully saturated rings. The number of hydrogen-bond acceptors (Lipinski definition) is 4. The van der Waals surface area contributed by atoms with Crippen LogP contribution in [0.15, 0.2) is 23.3 Å². The Balaban J connectivity index is 2.62. The van der Waals surface area contributed by atoms with Gasteiger partial charge < -0.3 is 14.9 Å². The van der Waals surface area contributed by atoms with Gasteiger partial charge in [-0.05, 0) is 63.5 Å². The van der Waals surface area contributed by atoms with Gasteiger partial charge in [0, 0.05) is 12.5 Å². The van der Waals surface area contributed by atoms with Gasteiger partial charge in [-0.2, -0.15) is 0 Å². The Morgan fingerprint density at radius 1 is 1.40 bits per heavy atom. The summed E-state index contributed by atoms with van der Waals surface area (Å²) >= 11 is 0. The Morgan fingerprint density at radius 2 is 2.08 bits per heavy atom. The van der Waals surface area contributed by atoms with E-state index >= 15 is 0 Å². The Morgan fingerprint density at radius 3 is 2.68 bits per heavy atom. The Hall–Kier alpha value is -0.970. The third kappa shape index (κ3) is 6.69. The van der Waals surface area contributed by atoms with Crippen molar-refractivity contribution in [1.82, 2.24) is 0 Å². The molecule has 4 nitrogen and oxygen atoms in total. The summed E-state index contributed by atoms with van der Waals surface area (Å²) in [6.45, 7) is 10.6. The van der Waals surface area contributed by atoms with E-state index in [2.05, 4.69) is 13.8 Å². The first-order valence-electron chi connectivity index (χ1n) is 9.55. The minimum absolute atomic E-state index is 0.0207. The second kappa shape index (κ2) is 10.2. The molecule has 144 valence electrons. The third-order valence-electron chi connectivity index (χ3n) is 5.40. The maximum absolute atomic E-state index is 12.3.